The number of rotatable bonds is 2. The van der Waals surface area contributed by atoms with E-state index in [2.05, 4.69) is 30.9 Å². The molecule has 6 atom stereocenters. The zero-order valence-electron chi connectivity index (χ0n) is 17.3. The summed E-state index contributed by atoms with van der Waals surface area (Å²) in [6.07, 6.45) is 6.96. The van der Waals surface area contributed by atoms with Gasteiger partial charge in [-0.1, -0.05) is 31.2 Å². The first-order valence-corrected chi connectivity index (χ1v) is 11.1. The molecule has 0 aromatic carbocycles. The Morgan fingerprint density at radius 2 is 1.93 bits per heavy atom. The standard InChI is InChI=1S/C23H34N2O3/c1-14-10-23(27)11-15(25-28-16-12-24-13-16)6-9-22(23,3)18-7-8-21(2)17(20(14)18)4-5-19(21)26/h16-18,20,24,27H,1,4-13H2,2-3H3/b25-15+/t17-,18-,20-,21-,22+,23+/m0/s1. The molecule has 4 saturated carbocycles. The van der Waals surface area contributed by atoms with Gasteiger partial charge >= 0.3 is 0 Å². The van der Waals surface area contributed by atoms with Crippen LogP contribution in [-0.4, -0.2) is 41.4 Å². The minimum atomic E-state index is -0.792. The first kappa shape index (κ1) is 18.8. The highest BCUT2D eigenvalue weighted by Crippen LogP contribution is 2.67. The van der Waals surface area contributed by atoms with E-state index in [1.807, 2.05) is 0 Å². The Kier molecular flexibility index (Phi) is 4.13. The van der Waals surface area contributed by atoms with E-state index in [1.54, 1.807) is 0 Å². The van der Waals surface area contributed by atoms with Crippen LogP contribution in [0.5, 0.6) is 0 Å². The van der Waals surface area contributed by atoms with Crippen LogP contribution in [0.3, 0.4) is 0 Å². The number of hydrogen-bond acceptors (Lipinski definition) is 5. The van der Waals surface area contributed by atoms with E-state index in [-0.39, 0.29) is 16.9 Å². The van der Waals surface area contributed by atoms with Crippen molar-refractivity contribution in [3.05, 3.63) is 12.2 Å². The van der Waals surface area contributed by atoms with E-state index in [1.165, 1.54) is 5.57 Å². The zero-order chi connectivity index (χ0) is 19.7. The Labute approximate surface area is 168 Å². The van der Waals surface area contributed by atoms with Crippen molar-refractivity contribution in [3.63, 3.8) is 0 Å². The first-order chi connectivity index (χ1) is 13.3. The van der Waals surface area contributed by atoms with Crippen molar-refractivity contribution in [3.8, 4) is 0 Å². The number of nitrogens with zero attached hydrogens (tertiary/aromatic N) is 1. The average molecular weight is 387 g/mol. The van der Waals surface area contributed by atoms with Gasteiger partial charge in [0.15, 0.2) is 6.10 Å². The Morgan fingerprint density at radius 3 is 2.64 bits per heavy atom. The van der Waals surface area contributed by atoms with Gasteiger partial charge < -0.3 is 15.3 Å². The molecule has 5 heteroatoms. The second-order valence-electron chi connectivity index (χ2n) is 10.7. The fourth-order valence-corrected chi connectivity index (χ4v) is 7.31. The van der Waals surface area contributed by atoms with Gasteiger partial charge in [-0.05, 0) is 56.3 Å². The van der Waals surface area contributed by atoms with Crippen molar-refractivity contribution in [2.75, 3.05) is 13.1 Å². The van der Waals surface area contributed by atoms with Gasteiger partial charge in [-0.3, -0.25) is 4.79 Å². The second-order valence-corrected chi connectivity index (χ2v) is 10.7. The molecule has 1 saturated heterocycles. The van der Waals surface area contributed by atoms with Crippen molar-refractivity contribution in [1.29, 1.82) is 0 Å². The van der Waals surface area contributed by atoms with E-state index in [9.17, 15) is 9.90 Å². The number of carbonyl (C=O) groups excluding carboxylic acids is 1. The van der Waals surface area contributed by atoms with Crippen LogP contribution in [0.2, 0.25) is 0 Å². The zero-order valence-corrected chi connectivity index (χ0v) is 17.3. The van der Waals surface area contributed by atoms with Gasteiger partial charge in [0, 0.05) is 36.8 Å². The number of fused-ring (bicyclic) bond motifs is 5. The lowest BCUT2D eigenvalue weighted by Gasteiger charge is -2.63. The van der Waals surface area contributed by atoms with Crippen molar-refractivity contribution in [2.24, 2.45) is 33.7 Å². The van der Waals surface area contributed by atoms with Gasteiger partial charge in [-0.2, -0.15) is 0 Å². The van der Waals surface area contributed by atoms with Crippen LogP contribution in [0, 0.1) is 28.6 Å². The number of ketones is 1. The minimum absolute atomic E-state index is 0.136. The number of Topliss-reactive ketones (excluding diaryl/α,β-unsaturated/α-hetero) is 1. The molecule has 5 aliphatic rings. The monoisotopic (exact) mass is 386 g/mol. The predicted octanol–water partition coefficient (Wildman–Crippen LogP) is 3.22. The predicted molar refractivity (Wildman–Crippen MR) is 108 cm³/mol. The normalized spacial score (nSPS) is 50.0. The lowest BCUT2D eigenvalue weighted by molar-refractivity contribution is -0.170. The fourth-order valence-electron chi connectivity index (χ4n) is 7.31. The first-order valence-electron chi connectivity index (χ1n) is 11.1. The van der Waals surface area contributed by atoms with Crippen LogP contribution in [0.1, 0.15) is 65.2 Å². The van der Waals surface area contributed by atoms with Crippen LogP contribution in [0.4, 0.5) is 0 Å². The smallest absolute Gasteiger partial charge is 0.152 e. The van der Waals surface area contributed by atoms with Crippen LogP contribution in [0.25, 0.3) is 0 Å². The van der Waals surface area contributed by atoms with E-state index in [0.717, 1.165) is 57.3 Å². The second kappa shape index (κ2) is 6.15. The van der Waals surface area contributed by atoms with E-state index in [4.69, 9.17) is 4.84 Å². The van der Waals surface area contributed by atoms with Crippen molar-refractivity contribution >= 4 is 11.5 Å². The third kappa shape index (κ3) is 2.44. The van der Waals surface area contributed by atoms with Crippen molar-refractivity contribution in [2.45, 2.75) is 76.9 Å². The molecule has 0 radical (unpaired) electrons. The summed E-state index contributed by atoms with van der Waals surface area (Å²) >= 11 is 0. The third-order valence-electron chi connectivity index (χ3n) is 9.36. The van der Waals surface area contributed by atoms with Gasteiger partial charge in [0.25, 0.3) is 0 Å². The molecule has 5 fully saturated rings. The maximum absolute atomic E-state index is 12.6. The molecule has 1 heterocycles. The molecule has 5 nitrogen and oxygen atoms in total. The Balaban J connectivity index is 1.42. The SMILES string of the molecule is C=C1C[C@@]2(O)C/C(=N/OC3CNC3)CC[C@]2(C)[C@H]2CC[C@]3(C)C(=O)CC[C@H]3[C@H]12. The van der Waals surface area contributed by atoms with E-state index in [0.29, 0.717) is 36.4 Å². The van der Waals surface area contributed by atoms with Crippen molar-refractivity contribution in [1.82, 2.24) is 5.32 Å². The molecule has 4 aliphatic carbocycles. The fraction of sp³-hybridized carbons (Fsp3) is 0.826. The summed E-state index contributed by atoms with van der Waals surface area (Å²) in [5.74, 6) is 1.67. The highest BCUT2D eigenvalue weighted by Gasteiger charge is 2.65. The molecule has 0 spiro atoms. The van der Waals surface area contributed by atoms with Gasteiger partial charge in [0.1, 0.15) is 5.78 Å². The molecule has 0 bridgehead atoms. The summed E-state index contributed by atoms with van der Waals surface area (Å²) in [6.45, 7) is 10.7. The summed E-state index contributed by atoms with van der Waals surface area (Å²) in [5, 5.41) is 19.5. The topological polar surface area (TPSA) is 70.9 Å². The number of aliphatic hydroxyl groups is 1. The Morgan fingerprint density at radius 1 is 1.14 bits per heavy atom. The van der Waals surface area contributed by atoms with Gasteiger partial charge in [0.2, 0.25) is 0 Å². The van der Waals surface area contributed by atoms with E-state index >= 15 is 0 Å². The number of carbonyl (C=O) groups is 1. The molecule has 0 aromatic heterocycles. The summed E-state index contributed by atoms with van der Waals surface area (Å²) in [7, 11) is 0. The lowest BCUT2D eigenvalue weighted by atomic mass is 9.43. The molecule has 5 rings (SSSR count). The molecule has 0 aromatic rings. The number of oxime groups is 1. The molecular weight excluding hydrogens is 352 g/mol. The van der Waals surface area contributed by atoms with Crippen LogP contribution in [0.15, 0.2) is 17.3 Å². The number of hydrogen-bond donors (Lipinski definition) is 2. The highest BCUT2D eigenvalue weighted by atomic mass is 16.6. The average Bonchev–Trinajstić information content (AvgIpc) is 2.90. The van der Waals surface area contributed by atoms with Crippen LogP contribution < -0.4 is 5.32 Å². The highest BCUT2D eigenvalue weighted by molar-refractivity contribution is 5.88. The Bertz CT molecular complexity index is 744. The van der Waals surface area contributed by atoms with Crippen LogP contribution in [-0.2, 0) is 9.63 Å². The lowest BCUT2D eigenvalue weighted by Crippen LogP contribution is -2.63. The third-order valence-corrected chi connectivity index (χ3v) is 9.36. The molecule has 28 heavy (non-hydrogen) atoms. The molecule has 154 valence electrons. The van der Waals surface area contributed by atoms with Gasteiger partial charge in [-0.25, -0.2) is 0 Å². The molecular formula is C23H34N2O3. The largest absolute Gasteiger partial charge is 0.390 e. The molecule has 1 aliphatic heterocycles. The number of nitrogens with one attached hydrogen (secondary N) is 1. The minimum Gasteiger partial charge on any atom is -0.390 e. The Hall–Kier alpha value is -1.20. The van der Waals surface area contributed by atoms with E-state index < -0.39 is 5.60 Å². The maximum atomic E-state index is 12.6. The van der Waals surface area contributed by atoms with Crippen molar-refractivity contribution < 1.29 is 14.7 Å². The van der Waals surface area contributed by atoms with Gasteiger partial charge in [-0.15, -0.1) is 0 Å². The molecule has 0 unspecified atom stereocenters. The maximum Gasteiger partial charge on any atom is 0.152 e. The quantitative estimate of drug-likeness (QED) is 0.565. The molecule has 2 N–H and O–H groups in total. The summed E-state index contributed by atoms with van der Waals surface area (Å²) in [6, 6.07) is 0. The summed E-state index contributed by atoms with van der Waals surface area (Å²) < 4.78 is 0. The summed E-state index contributed by atoms with van der Waals surface area (Å²) in [4.78, 5) is 18.3. The molecule has 0 amide bonds. The van der Waals surface area contributed by atoms with Gasteiger partial charge in [0.05, 0.1) is 11.3 Å². The summed E-state index contributed by atoms with van der Waals surface area (Å²) in [5.41, 5.74) is 1.07. The van der Waals surface area contributed by atoms with Crippen LogP contribution >= 0.6 is 0 Å².